The van der Waals surface area contributed by atoms with Crippen LogP contribution in [0.5, 0.6) is 5.75 Å². The van der Waals surface area contributed by atoms with Crippen LogP contribution >= 0.6 is 11.6 Å². The lowest BCUT2D eigenvalue weighted by molar-refractivity contribution is 0.0802. The van der Waals surface area contributed by atoms with E-state index in [9.17, 15) is 4.79 Å². The number of carbonyl (C=O) groups is 1. The molecule has 6 heteroatoms. The first-order valence-electron chi connectivity index (χ1n) is 4.60. The van der Waals surface area contributed by atoms with Gasteiger partial charge >= 0.3 is 0 Å². The number of aromatic hydroxyl groups is 1. The first kappa shape index (κ1) is 12.8. The van der Waals surface area contributed by atoms with Crippen LogP contribution in [0.15, 0.2) is 18.2 Å². The Morgan fingerprint density at radius 3 is 2.75 bits per heavy atom. The van der Waals surface area contributed by atoms with Crippen molar-refractivity contribution in [2.24, 2.45) is 0 Å². The molecule has 0 aliphatic rings. The molecule has 0 saturated carbocycles. The minimum absolute atomic E-state index is 0.0478. The highest BCUT2D eigenvalue weighted by Gasteiger charge is 2.09. The van der Waals surface area contributed by atoms with Crippen molar-refractivity contribution in [3.05, 3.63) is 28.8 Å². The van der Waals surface area contributed by atoms with Crippen LogP contribution in [-0.4, -0.2) is 40.5 Å². The van der Waals surface area contributed by atoms with Gasteiger partial charge in [0.2, 0.25) is 0 Å². The third-order valence-electron chi connectivity index (χ3n) is 1.92. The average Bonchev–Trinajstić information content (AvgIpc) is 2.29. The van der Waals surface area contributed by atoms with Gasteiger partial charge in [0.1, 0.15) is 5.75 Å². The standard InChI is InChI=1S/C10H12ClNO4/c11-8-3-6(1-2-9(8)15)10(16)12-4-7(14)5-13/h1-3,7,13-15H,4-5H2,(H,12,16). The number of hydrogen-bond acceptors (Lipinski definition) is 4. The number of aliphatic hydroxyl groups excluding tert-OH is 2. The van der Waals surface area contributed by atoms with Crippen molar-refractivity contribution in [2.45, 2.75) is 6.10 Å². The minimum atomic E-state index is -0.989. The maximum absolute atomic E-state index is 11.5. The SMILES string of the molecule is O=C(NCC(O)CO)c1ccc(O)c(Cl)c1. The normalized spacial score (nSPS) is 12.2. The van der Waals surface area contributed by atoms with Crippen LogP contribution in [0.3, 0.4) is 0 Å². The summed E-state index contributed by atoms with van der Waals surface area (Å²) >= 11 is 5.63. The van der Waals surface area contributed by atoms with E-state index in [1.54, 1.807) is 0 Å². The Morgan fingerprint density at radius 2 is 2.19 bits per heavy atom. The Hall–Kier alpha value is -1.30. The zero-order valence-electron chi connectivity index (χ0n) is 8.35. The average molecular weight is 246 g/mol. The van der Waals surface area contributed by atoms with Crippen molar-refractivity contribution in [1.82, 2.24) is 5.32 Å². The fourth-order valence-electron chi connectivity index (χ4n) is 1.03. The summed E-state index contributed by atoms with van der Waals surface area (Å²) in [5.74, 6) is -0.539. The lowest BCUT2D eigenvalue weighted by Crippen LogP contribution is -2.33. The highest BCUT2D eigenvalue weighted by molar-refractivity contribution is 6.32. The van der Waals surface area contributed by atoms with Crippen molar-refractivity contribution in [1.29, 1.82) is 0 Å². The number of benzene rings is 1. The molecule has 5 nitrogen and oxygen atoms in total. The Balaban J connectivity index is 2.63. The zero-order valence-corrected chi connectivity index (χ0v) is 9.11. The summed E-state index contributed by atoms with van der Waals surface area (Å²) in [6, 6.07) is 4.03. The Morgan fingerprint density at radius 1 is 1.50 bits per heavy atom. The van der Waals surface area contributed by atoms with Crippen LogP contribution in [0.4, 0.5) is 0 Å². The highest BCUT2D eigenvalue weighted by atomic mass is 35.5. The third-order valence-corrected chi connectivity index (χ3v) is 2.22. The molecular formula is C10H12ClNO4. The molecule has 1 unspecified atom stereocenters. The molecule has 4 N–H and O–H groups in total. The van der Waals surface area contributed by atoms with Gasteiger partial charge in [-0.1, -0.05) is 11.6 Å². The molecule has 0 saturated heterocycles. The molecule has 1 aromatic rings. The van der Waals surface area contributed by atoms with Crippen molar-refractivity contribution in [3.8, 4) is 5.75 Å². The fraction of sp³-hybridized carbons (Fsp3) is 0.300. The number of rotatable bonds is 4. The van der Waals surface area contributed by atoms with E-state index in [1.807, 2.05) is 0 Å². The summed E-state index contributed by atoms with van der Waals surface area (Å²) in [6.45, 7) is -0.468. The summed E-state index contributed by atoms with van der Waals surface area (Å²) in [5.41, 5.74) is 0.271. The molecule has 0 heterocycles. The fourth-order valence-corrected chi connectivity index (χ4v) is 1.21. The van der Waals surface area contributed by atoms with Gasteiger partial charge < -0.3 is 20.6 Å². The molecule has 16 heavy (non-hydrogen) atoms. The van der Waals surface area contributed by atoms with Gasteiger partial charge in [0.25, 0.3) is 5.91 Å². The maximum atomic E-state index is 11.5. The van der Waals surface area contributed by atoms with E-state index in [0.717, 1.165) is 0 Å². The van der Waals surface area contributed by atoms with Crippen LogP contribution < -0.4 is 5.32 Å². The Bertz CT molecular complexity index is 383. The molecule has 1 atom stereocenters. The summed E-state index contributed by atoms with van der Waals surface area (Å²) in [7, 11) is 0. The molecular weight excluding hydrogens is 234 g/mol. The molecule has 1 aromatic carbocycles. The molecule has 0 aliphatic heterocycles. The van der Waals surface area contributed by atoms with Crippen LogP contribution in [0, 0.1) is 0 Å². The third kappa shape index (κ3) is 3.37. The van der Waals surface area contributed by atoms with Gasteiger partial charge in [0.15, 0.2) is 0 Å². The van der Waals surface area contributed by atoms with Gasteiger partial charge in [-0.15, -0.1) is 0 Å². The van der Waals surface area contributed by atoms with Gasteiger partial charge in [-0.2, -0.15) is 0 Å². The van der Waals surface area contributed by atoms with E-state index < -0.39 is 18.6 Å². The number of carbonyl (C=O) groups excluding carboxylic acids is 1. The highest BCUT2D eigenvalue weighted by Crippen LogP contribution is 2.23. The number of aliphatic hydroxyl groups is 2. The molecule has 1 rings (SSSR count). The number of phenols is 1. The van der Waals surface area contributed by atoms with Crippen molar-refractivity contribution < 1.29 is 20.1 Å². The molecule has 0 spiro atoms. The van der Waals surface area contributed by atoms with Crippen molar-refractivity contribution >= 4 is 17.5 Å². The van der Waals surface area contributed by atoms with E-state index in [4.69, 9.17) is 26.9 Å². The van der Waals surface area contributed by atoms with Gasteiger partial charge in [-0.25, -0.2) is 0 Å². The summed E-state index contributed by atoms with van der Waals surface area (Å²) in [6.07, 6.45) is -0.989. The van der Waals surface area contributed by atoms with Gasteiger partial charge in [-0.3, -0.25) is 4.79 Å². The second-order valence-electron chi connectivity index (χ2n) is 3.21. The van der Waals surface area contributed by atoms with Gasteiger partial charge in [0, 0.05) is 12.1 Å². The van der Waals surface area contributed by atoms with Crippen molar-refractivity contribution in [2.75, 3.05) is 13.2 Å². The molecule has 88 valence electrons. The summed E-state index contributed by atoms with van der Waals surface area (Å²) < 4.78 is 0. The largest absolute Gasteiger partial charge is 0.506 e. The number of nitrogens with one attached hydrogen (secondary N) is 1. The van der Waals surface area contributed by atoms with Crippen LogP contribution in [0.2, 0.25) is 5.02 Å². The first-order valence-corrected chi connectivity index (χ1v) is 4.98. The monoisotopic (exact) mass is 245 g/mol. The van der Waals surface area contributed by atoms with Crippen LogP contribution in [0.25, 0.3) is 0 Å². The van der Waals surface area contributed by atoms with E-state index in [2.05, 4.69) is 5.32 Å². The van der Waals surface area contributed by atoms with E-state index in [-0.39, 0.29) is 22.9 Å². The maximum Gasteiger partial charge on any atom is 0.251 e. The molecule has 0 bridgehead atoms. The summed E-state index contributed by atoms with van der Waals surface area (Å²) in [5, 5.41) is 29.2. The van der Waals surface area contributed by atoms with E-state index in [1.165, 1.54) is 18.2 Å². The minimum Gasteiger partial charge on any atom is -0.506 e. The van der Waals surface area contributed by atoms with Gasteiger partial charge in [0.05, 0.1) is 17.7 Å². The summed E-state index contributed by atoms with van der Waals surface area (Å²) in [4.78, 5) is 11.5. The van der Waals surface area contributed by atoms with Crippen LogP contribution in [0.1, 0.15) is 10.4 Å². The molecule has 1 amide bonds. The van der Waals surface area contributed by atoms with E-state index >= 15 is 0 Å². The lowest BCUT2D eigenvalue weighted by Gasteiger charge is -2.09. The zero-order chi connectivity index (χ0) is 12.1. The lowest BCUT2D eigenvalue weighted by atomic mass is 10.2. The van der Waals surface area contributed by atoms with E-state index in [0.29, 0.717) is 0 Å². The quantitative estimate of drug-likeness (QED) is 0.607. The second kappa shape index (κ2) is 5.69. The molecule has 0 aromatic heterocycles. The Kier molecular flexibility index (Phi) is 4.54. The predicted octanol–water partition coefficient (Wildman–Crippen LogP) is 0.129. The number of halogens is 1. The van der Waals surface area contributed by atoms with Gasteiger partial charge in [-0.05, 0) is 18.2 Å². The number of phenolic OH excluding ortho intramolecular Hbond substituents is 1. The number of hydrogen-bond donors (Lipinski definition) is 4. The predicted molar refractivity (Wildman–Crippen MR) is 58.5 cm³/mol. The van der Waals surface area contributed by atoms with Crippen LogP contribution in [-0.2, 0) is 0 Å². The number of amides is 1. The molecule has 0 fully saturated rings. The second-order valence-corrected chi connectivity index (χ2v) is 3.62. The Labute approximate surface area is 97.3 Å². The van der Waals surface area contributed by atoms with Crippen molar-refractivity contribution in [3.63, 3.8) is 0 Å². The molecule has 0 aliphatic carbocycles. The molecule has 0 radical (unpaired) electrons. The topological polar surface area (TPSA) is 89.8 Å². The first-order chi connectivity index (χ1) is 7.54. The smallest absolute Gasteiger partial charge is 0.251 e.